The van der Waals surface area contributed by atoms with Crippen LogP contribution in [0.25, 0.3) is 0 Å². The highest BCUT2D eigenvalue weighted by Crippen LogP contribution is 2.28. The van der Waals surface area contributed by atoms with Gasteiger partial charge < -0.3 is 9.47 Å². The highest BCUT2D eigenvalue weighted by Gasteiger charge is 2.31. The molecule has 0 radical (unpaired) electrons. The number of ether oxygens (including phenoxy) is 2. The van der Waals surface area contributed by atoms with Gasteiger partial charge in [-0.1, -0.05) is 43.3 Å². The van der Waals surface area contributed by atoms with Crippen molar-refractivity contribution in [3.63, 3.8) is 0 Å². The zero-order valence-electron chi connectivity index (χ0n) is 12.6. The smallest absolute Gasteiger partial charge is 0.188 e. The van der Waals surface area contributed by atoms with Crippen LogP contribution in [-0.4, -0.2) is 19.5 Å². The Labute approximate surface area is 126 Å². The van der Waals surface area contributed by atoms with Crippen molar-refractivity contribution < 1.29 is 14.0 Å². The molecular weight excluding hydrogens is 262 g/mol. The molecular formula is C18H22NO2+. The molecule has 0 saturated carbocycles. The lowest BCUT2D eigenvalue weighted by Gasteiger charge is -2.32. The fourth-order valence-corrected chi connectivity index (χ4v) is 2.85. The molecule has 1 fully saturated rings. The third kappa shape index (κ3) is 3.14. The van der Waals surface area contributed by atoms with Crippen LogP contribution in [0.4, 0.5) is 0 Å². The van der Waals surface area contributed by atoms with Gasteiger partial charge in [0.15, 0.2) is 18.2 Å². The molecule has 110 valence electrons. The Hall–Kier alpha value is -1.71. The normalized spacial score (nSPS) is 23.7. The van der Waals surface area contributed by atoms with Crippen LogP contribution >= 0.6 is 0 Å². The van der Waals surface area contributed by atoms with Crippen LogP contribution in [0.3, 0.4) is 0 Å². The van der Waals surface area contributed by atoms with Crippen molar-refractivity contribution in [2.75, 3.05) is 13.2 Å². The lowest BCUT2D eigenvalue weighted by atomic mass is 9.99. The summed E-state index contributed by atoms with van der Waals surface area (Å²) in [5, 5.41) is 0. The van der Waals surface area contributed by atoms with E-state index in [0.717, 1.165) is 0 Å². The van der Waals surface area contributed by atoms with Crippen molar-refractivity contribution >= 4 is 0 Å². The molecule has 3 rings (SSSR count). The van der Waals surface area contributed by atoms with E-state index in [9.17, 15) is 0 Å². The zero-order valence-corrected chi connectivity index (χ0v) is 12.6. The lowest BCUT2D eigenvalue weighted by Crippen LogP contribution is -2.41. The van der Waals surface area contributed by atoms with Gasteiger partial charge in [-0.05, 0) is 5.56 Å². The van der Waals surface area contributed by atoms with E-state index in [0.29, 0.717) is 19.1 Å². The van der Waals surface area contributed by atoms with Crippen LogP contribution in [0, 0.1) is 0 Å². The van der Waals surface area contributed by atoms with E-state index >= 15 is 0 Å². The summed E-state index contributed by atoms with van der Waals surface area (Å²) >= 11 is 0. The van der Waals surface area contributed by atoms with Crippen LogP contribution < -0.4 is 4.57 Å². The van der Waals surface area contributed by atoms with E-state index in [-0.39, 0.29) is 12.2 Å². The van der Waals surface area contributed by atoms with E-state index in [4.69, 9.17) is 9.47 Å². The van der Waals surface area contributed by atoms with Crippen molar-refractivity contribution in [3.05, 3.63) is 66.0 Å². The second-order valence-corrected chi connectivity index (χ2v) is 5.67. The Morgan fingerprint density at radius 1 is 1.00 bits per heavy atom. The van der Waals surface area contributed by atoms with Crippen LogP contribution in [0.1, 0.15) is 30.0 Å². The standard InChI is InChI=1S/C18H22NO2/c1-14(15-8-4-3-5-9-15)18-20-12-16(13-21-18)17-10-6-7-11-19(17)2/h3-11,14,16,18H,12-13H2,1-2H3/q+1. The van der Waals surface area contributed by atoms with Gasteiger partial charge in [-0.15, -0.1) is 0 Å². The van der Waals surface area contributed by atoms with E-state index in [1.165, 1.54) is 11.3 Å². The SMILES string of the molecule is CC(c1ccccc1)C1OCC(c2cccc[n+]2C)CO1. The maximum absolute atomic E-state index is 5.98. The van der Waals surface area contributed by atoms with Crippen molar-refractivity contribution in [1.29, 1.82) is 0 Å². The van der Waals surface area contributed by atoms with Crippen LogP contribution in [0.2, 0.25) is 0 Å². The number of aromatic nitrogens is 1. The van der Waals surface area contributed by atoms with Crippen LogP contribution in [-0.2, 0) is 16.5 Å². The minimum Gasteiger partial charge on any atom is -0.351 e. The number of nitrogens with zero attached hydrogens (tertiary/aromatic N) is 1. The number of hydrogen-bond acceptors (Lipinski definition) is 2. The molecule has 3 nitrogen and oxygen atoms in total. The molecule has 0 spiro atoms. The summed E-state index contributed by atoms with van der Waals surface area (Å²) < 4.78 is 14.1. The molecule has 3 heteroatoms. The molecule has 0 N–H and O–H groups in total. The van der Waals surface area contributed by atoms with E-state index < -0.39 is 0 Å². The van der Waals surface area contributed by atoms with Gasteiger partial charge in [-0.2, -0.15) is 0 Å². The van der Waals surface area contributed by atoms with E-state index in [2.05, 4.69) is 61.1 Å². The predicted molar refractivity (Wildman–Crippen MR) is 80.9 cm³/mol. The molecule has 1 aliphatic rings. The summed E-state index contributed by atoms with van der Waals surface area (Å²) in [5.74, 6) is 0.548. The summed E-state index contributed by atoms with van der Waals surface area (Å²) in [6.07, 6.45) is 1.91. The summed E-state index contributed by atoms with van der Waals surface area (Å²) in [4.78, 5) is 0. The van der Waals surface area contributed by atoms with Gasteiger partial charge >= 0.3 is 0 Å². The van der Waals surface area contributed by atoms with Gasteiger partial charge in [-0.25, -0.2) is 4.57 Å². The summed E-state index contributed by atoms with van der Waals surface area (Å²) in [5.41, 5.74) is 2.51. The van der Waals surface area contributed by atoms with E-state index in [1.807, 2.05) is 12.1 Å². The second kappa shape index (κ2) is 6.37. The number of hydrogen-bond donors (Lipinski definition) is 0. The molecule has 2 heterocycles. The molecule has 1 saturated heterocycles. The Morgan fingerprint density at radius 3 is 2.33 bits per heavy atom. The molecule has 1 aromatic heterocycles. The third-order valence-corrected chi connectivity index (χ3v) is 4.17. The second-order valence-electron chi connectivity index (χ2n) is 5.67. The molecule has 0 amide bonds. The quantitative estimate of drug-likeness (QED) is 0.809. The zero-order chi connectivity index (χ0) is 14.7. The fraction of sp³-hybridized carbons (Fsp3) is 0.389. The average Bonchev–Trinajstić information content (AvgIpc) is 2.56. The Bertz CT molecular complexity index is 577. The highest BCUT2D eigenvalue weighted by molar-refractivity contribution is 5.19. The van der Waals surface area contributed by atoms with Gasteiger partial charge in [0.05, 0.1) is 19.1 Å². The monoisotopic (exact) mass is 284 g/mol. The first kappa shape index (κ1) is 14.2. The molecule has 0 bridgehead atoms. The average molecular weight is 284 g/mol. The molecule has 1 aliphatic heterocycles. The van der Waals surface area contributed by atoms with E-state index in [1.54, 1.807) is 0 Å². The minimum atomic E-state index is -0.155. The van der Waals surface area contributed by atoms with Crippen LogP contribution in [0.5, 0.6) is 0 Å². The largest absolute Gasteiger partial charge is 0.351 e. The summed E-state index contributed by atoms with van der Waals surface area (Å²) in [6.45, 7) is 3.57. The summed E-state index contributed by atoms with van der Waals surface area (Å²) in [7, 11) is 2.06. The molecule has 1 aromatic carbocycles. The van der Waals surface area contributed by atoms with Gasteiger partial charge in [0, 0.05) is 18.1 Å². The number of rotatable bonds is 3. The first-order chi connectivity index (χ1) is 10.3. The maximum Gasteiger partial charge on any atom is 0.188 e. The van der Waals surface area contributed by atoms with Crippen LogP contribution in [0.15, 0.2) is 54.7 Å². The molecule has 0 aliphatic carbocycles. The number of pyridine rings is 1. The van der Waals surface area contributed by atoms with Gasteiger partial charge in [0.25, 0.3) is 0 Å². The van der Waals surface area contributed by atoms with Crippen molar-refractivity contribution in [3.8, 4) is 0 Å². The Morgan fingerprint density at radius 2 is 1.67 bits per heavy atom. The number of aryl methyl sites for hydroxylation is 1. The van der Waals surface area contributed by atoms with Crippen molar-refractivity contribution in [2.45, 2.75) is 25.0 Å². The molecule has 21 heavy (non-hydrogen) atoms. The molecule has 1 atom stereocenters. The lowest BCUT2D eigenvalue weighted by molar-refractivity contribution is -0.681. The number of benzene rings is 1. The van der Waals surface area contributed by atoms with Gasteiger partial charge in [0.1, 0.15) is 7.05 Å². The fourth-order valence-electron chi connectivity index (χ4n) is 2.85. The van der Waals surface area contributed by atoms with Gasteiger partial charge in [-0.3, -0.25) is 0 Å². The minimum absolute atomic E-state index is 0.155. The first-order valence-corrected chi connectivity index (χ1v) is 7.48. The Balaban J connectivity index is 1.64. The molecule has 2 aromatic rings. The summed E-state index contributed by atoms with van der Waals surface area (Å²) in [6, 6.07) is 16.6. The topological polar surface area (TPSA) is 22.3 Å². The van der Waals surface area contributed by atoms with Gasteiger partial charge in [0.2, 0.25) is 0 Å². The maximum atomic E-state index is 5.98. The highest BCUT2D eigenvalue weighted by atomic mass is 16.7. The molecule has 1 unspecified atom stereocenters. The first-order valence-electron chi connectivity index (χ1n) is 7.48. The van der Waals surface area contributed by atoms with Crippen molar-refractivity contribution in [1.82, 2.24) is 0 Å². The Kier molecular flexibility index (Phi) is 4.32. The van der Waals surface area contributed by atoms with Crippen molar-refractivity contribution in [2.24, 2.45) is 7.05 Å². The third-order valence-electron chi connectivity index (χ3n) is 4.17. The predicted octanol–water partition coefficient (Wildman–Crippen LogP) is 2.77.